The van der Waals surface area contributed by atoms with Crippen LogP contribution < -0.4 is 10.5 Å². The molecule has 1 spiro atoms. The molecule has 182 valence electrons. The number of hydrogen-bond donors (Lipinski definition) is 1. The van der Waals surface area contributed by atoms with Gasteiger partial charge >= 0.3 is 5.97 Å². The first kappa shape index (κ1) is 22.4. The minimum Gasteiger partial charge on any atom is -0.474 e. The molecule has 1 atom stereocenters. The van der Waals surface area contributed by atoms with Crippen molar-refractivity contribution in [1.82, 2.24) is 15.0 Å². The Morgan fingerprint density at radius 1 is 1.14 bits per heavy atom. The molecule has 2 saturated carbocycles. The minimum absolute atomic E-state index is 0.181. The van der Waals surface area contributed by atoms with E-state index in [1.807, 2.05) is 45.3 Å². The fourth-order valence-electron chi connectivity index (χ4n) is 5.28. The summed E-state index contributed by atoms with van der Waals surface area (Å²) < 4.78 is 11.8. The van der Waals surface area contributed by atoms with Gasteiger partial charge in [-0.05, 0) is 82.0 Å². The van der Waals surface area contributed by atoms with Gasteiger partial charge in [-0.1, -0.05) is 6.92 Å². The second-order valence-corrected chi connectivity index (χ2v) is 11.1. The summed E-state index contributed by atoms with van der Waals surface area (Å²) in [7, 11) is 0. The van der Waals surface area contributed by atoms with E-state index in [1.165, 1.54) is 0 Å². The van der Waals surface area contributed by atoms with Crippen molar-refractivity contribution in [3.8, 4) is 5.88 Å². The predicted octanol–water partition coefficient (Wildman–Crippen LogP) is 4.72. The zero-order valence-electron chi connectivity index (χ0n) is 20.9. The monoisotopic (exact) mass is 472 g/mol. The molecule has 4 heterocycles. The highest BCUT2D eigenvalue weighted by Gasteiger charge is 2.62. The van der Waals surface area contributed by atoms with Crippen LogP contribution in [0.1, 0.15) is 92.8 Å². The molecular weight excluding hydrogens is 440 g/mol. The molecule has 2 N–H and O–H groups in total. The molecule has 3 aliphatic rings. The Labute approximate surface area is 205 Å². The molecule has 0 radical (unpaired) electrons. The summed E-state index contributed by atoms with van der Waals surface area (Å²) in [6, 6.07) is 5.87. The normalized spacial score (nSPS) is 21.3. The molecule has 1 aliphatic heterocycles. The third kappa shape index (κ3) is 3.59. The molecule has 3 aromatic rings. The number of carbonyl (C=O) groups is 1. The van der Waals surface area contributed by atoms with E-state index in [-0.39, 0.29) is 17.5 Å². The lowest BCUT2D eigenvalue weighted by Gasteiger charge is -2.39. The third-order valence-corrected chi connectivity index (χ3v) is 8.18. The van der Waals surface area contributed by atoms with Crippen LogP contribution in [0.5, 0.6) is 5.88 Å². The molecule has 2 fully saturated rings. The highest BCUT2D eigenvalue weighted by Crippen LogP contribution is 2.59. The number of cyclic esters (lactones) is 1. The first-order valence-electron chi connectivity index (χ1n) is 12.6. The minimum atomic E-state index is -0.546. The van der Waals surface area contributed by atoms with Crippen molar-refractivity contribution in [2.45, 2.75) is 88.9 Å². The highest BCUT2D eigenvalue weighted by molar-refractivity contribution is 5.93. The summed E-state index contributed by atoms with van der Waals surface area (Å²) in [6.45, 7) is 8.11. The number of ether oxygens (including phenoxy) is 2. The van der Waals surface area contributed by atoms with E-state index in [0.29, 0.717) is 17.9 Å². The van der Waals surface area contributed by atoms with Crippen LogP contribution in [0.4, 0.5) is 0 Å². The van der Waals surface area contributed by atoms with E-state index in [4.69, 9.17) is 25.2 Å². The molecule has 35 heavy (non-hydrogen) atoms. The Morgan fingerprint density at radius 3 is 2.60 bits per heavy atom. The molecule has 2 aliphatic carbocycles. The Morgan fingerprint density at radius 2 is 1.91 bits per heavy atom. The maximum atomic E-state index is 12.6. The fraction of sp³-hybridized carbons (Fsp3) is 0.500. The Bertz CT molecular complexity index is 1360. The lowest BCUT2D eigenvalue weighted by Crippen LogP contribution is -2.46. The lowest BCUT2D eigenvalue weighted by molar-refractivity contribution is -0.0285. The summed E-state index contributed by atoms with van der Waals surface area (Å²) in [5.74, 6) is 0.341. The van der Waals surface area contributed by atoms with Crippen molar-refractivity contribution < 1.29 is 14.3 Å². The summed E-state index contributed by atoms with van der Waals surface area (Å²) in [5, 5.41) is 1.91. The summed E-state index contributed by atoms with van der Waals surface area (Å²) in [4.78, 5) is 27.0. The number of rotatable bonds is 6. The Hall–Kier alpha value is -3.06. The van der Waals surface area contributed by atoms with Crippen LogP contribution >= 0.6 is 0 Å². The van der Waals surface area contributed by atoms with Gasteiger partial charge in [0.25, 0.3) is 0 Å². The van der Waals surface area contributed by atoms with Gasteiger partial charge in [0.1, 0.15) is 11.7 Å². The highest BCUT2D eigenvalue weighted by atomic mass is 16.6. The van der Waals surface area contributed by atoms with Gasteiger partial charge < -0.3 is 15.2 Å². The van der Waals surface area contributed by atoms with Gasteiger partial charge in [0.15, 0.2) is 0 Å². The zero-order chi connectivity index (χ0) is 24.6. The molecular formula is C28H32N4O3. The molecule has 0 saturated heterocycles. The number of aromatic nitrogens is 3. The van der Waals surface area contributed by atoms with E-state index < -0.39 is 11.1 Å². The predicted molar refractivity (Wildman–Crippen MR) is 132 cm³/mol. The van der Waals surface area contributed by atoms with Crippen LogP contribution in [0.3, 0.4) is 0 Å². The van der Waals surface area contributed by atoms with Crippen LogP contribution in [-0.4, -0.2) is 32.6 Å². The molecule has 0 amide bonds. The lowest BCUT2D eigenvalue weighted by atomic mass is 9.79. The van der Waals surface area contributed by atoms with Crippen molar-refractivity contribution in [1.29, 1.82) is 0 Å². The van der Waals surface area contributed by atoms with E-state index in [2.05, 4.69) is 18.0 Å². The summed E-state index contributed by atoms with van der Waals surface area (Å²) in [6.07, 6.45) is 9.39. The fourth-order valence-corrected chi connectivity index (χ4v) is 5.28. The number of nitrogens with two attached hydrogens (primary N) is 1. The van der Waals surface area contributed by atoms with Crippen LogP contribution in [0, 0.1) is 0 Å². The van der Waals surface area contributed by atoms with Gasteiger partial charge in [-0.3, -0.25) is 9.97 Å². The van der Waals surface area contributed by atoms with Crippen LogP contribution in [0.2, 0.25) is 0 Å². The van der Waals surface area contributed by atoms with Crippen molar-refractivity contribution in [3.63, 3.8) is 0 Å². The molecule has 6 rings (SSSR count). The van der Waals surface area contributed by atoms with Gasteiger partial charge in [0.2, 0.25) is 5.88 Å². The first-order chi connectivity index (χ1) is 16.6. The SMILES string of the molecule is CC[C@@](C)(N)c1cnc(OC2CC2)c2cnc(Cc3ccc4c(n3)C3(CC3)C(C)(C)OC4=O)cc12. The number of nitrogens with zero attached hydrogens (tertiary/aromatic N) is 3. The number of carbonyl (C=O) groups excluding carboxylic acids is 1. The van der Waals surface area contributed by atoms with Crippen LogP contribution in [0.15, 0.2) is 30.6 Å². The quantitative estimate of drug-likeness (QED) is 0.518. The second-order valence-electron chi connectivity index (χ2n) is 11.1. The second kappa shape index (κ2) is 7.47. The maximum Gasteiger partial charge on any atom is 0.340 e. The number of fused-ring (bicyclic) bond motifs is 3. The standard InChI is InChI=1S/C28H32N4O3/c1-5-27(4,29)22-15-31-24(34-18-7-8-18)21-14-30-17(13-20(21)22)12-16-6-9-19-23(32-16)28(10-11-28)26(2,3)35-25(19)33/h6,9,13-15,18H,5,7-8,10-12,29H2,1-4H3/t27-/m1/s1. The van der Waals surface area contributed by atoms with Crippen LogP contribution in [-0.2, 0) is 22.1 Å². The maximum absolute atomic E-state index is 12.6. The van der Waals surface area contributed by atoms with Crippen molar-refractivity contribution in [3.05, 3.63) is 58.8 Å². The van der Waals surface area contributed by atoms with Gasteiger partial charge in [0, 0.05) is 35.7 Å². The van der Waals surface area contributed by atoms with Crippen molar-refractivity contribution in [2.24, 2.45) is 5.73 Å². The summed E-state index contributed by atoms with van der Waals surface area (Å²) in [5.41, 5.74) is 9.66. The Balaban J connectivity index is 1.40. The van der Waals surface area contributed by atoms with Gasteiger partial charge in [0.05, 0.1) is 22.1 Å². The van der Waals surface area contributed by atoms with E-state index in [0.717, 1.165) is 65.5 Å². The molecule has 3 aromatic heterocycles. The van der Waals surface area contributed by atoms with E-state index in [1.54, 1.807) is 0 Å². The van der Waals surface area contributed by atoms with Crippen LogP contribution in [0.25, 0.3) is 10.8 Å². The van der Waals surface area contributed by atoms with Crippen molar-refractivity contribution in [2.75, 3.05) is 0 Å². The van der Waals surface area contributed by atoms with Gasteiger partial charge in [-0.15, -0.1) is 0 Å². The smallest absolute Gasteiger partial charge is 0.340 e. The first-order valence-corrected chi connectivity index (χ1v) is 12.6. The van der Waals surface area contributed by atoms with E-state index >= 15 is 0 Å². The third-order valence-electron chi connectivity index (χ3n) is 8.18. The molecule has 0 aromatic carbocycles. The number of hydrogen-bond acceptors (Lipinski definition) is 7. The molecule has 7 nitrogen and oxygen atoms in total. The number of pyridine rings is 3. The van der Waals surface area contributed by atoms with Crippen molar-refractivity contribution >= 4 is 16.7 Å². The zero-order valence-corrected chi connectivity index (χ0v) is 20.9. The largest absolute Gasteiger partial charge is 0.474 e. The average molecular weight is 473 g/mol. The summed E-state index contributed by atoms with van der Waals surface area (Å²) >= 11 is 0. The van der Waals surface area contributed by atoms with Gasteiger partial charge in [-0.2, -0.15) is 0 Å². The molecule has 7 heteroatoms. The number of esters is 1. The Kier molecular flexibility index (Phi) is 4.78. The van der Waals surface area contributed by atoms with Gasteiger partial charge in [-0.25, -0.2) is 9.78 Å². The topological polar surface area (TPSA) is 100 Å². The molecule has 0 unspecified atom stereocenters. The van der Waals surface area contributed by atoms with E-state index in [9.17, 15) is 4.79 Å². The average Bonchev–Trinajstić information content (AvgIpc) is 3.73. The molecule has 0 bridgehead atoms.